The Kier molecular flexibility index (Phi) is 4.07. The van der Waals surface area contributed by atoms with Crippen LogP contribution in [0, 0.1) is 6.92 Å². The first-order valence-electron chi connectivity index (χ1n) is 5.69. The zero-order valence-electron chi connectivity index (χ0n) is 10.4. The fourth-order valence-electron chi connectivity index (χ4n) is 1.84. The van der Waals surface area contributed by atoms with Crippen LogP contribution in [0.15, 0.2) is 48.8 Å². The first-order valence-corrected chi connectivity index (χ1v) is 6.50. The zero-order valence-corrected chi connectivity index (χ0v) is 11.2. The lowest BCUT2D eigenvalue weighted by atomic mass is 10.1. The first kappa shape index (κ1) is 12.7. The molecule has 2 nitrogen and oxygen atoms in total. The van der Waals surface area contributed by atoms with Crippen LogP contribution in [0.3, 0.4) is 0 Å². The van der Waals surface area contributed by atoms with E-state index >= 15 is 0 Å². The Morgan fingerprint density at radius 1 is 1.06 bits per heavy atom. The number of hydrogen-bond donors (Lipinski definition) is 1. The average molecular weight is 257 g/mol. The number of fused-ring (bicyclic) bond motifs is 1. The largest absolute Gasteiger partial charge is 0.400 e. The fourth-order valence-corrected chi connectivity index (χ4v) is 2.95. The Balaban J connectivity index is 0.000000574. The van der Waals surface area contributed by atoms with Crippen molar-refractivity contribution >= 4 is 21.4 Å². The number of aromatic nitrogens is 1. The summed E-state index contributed by atoms with van der Waals surface area (Å²) in [6, 6.07) is 12.7. The molecule has 1 N–H and O–H groups in total. The van der Waals surface area contributed by atoms with Crippen molar-refractivity contribution in [1.29, 1.82) is 0 Å². The van der Waals surface area contributed by atoms with Gasteiger partial charge in [-0.3, -0.25) is 4.98 Å². The van der Waals surface area contributed by atoms with E-state index in [-0.39, 0.29) is 0 Å². The van der Waals surface area contributed by atoms with Gasteiger partial charge in [0.05, 0.1) is 4.70 Å². The molecule has 0 bridgehead atoms. The predicted octanol–water partition coefficient (Wildman–Crippen LogP) is 3.88. The summed E-state index contributed by atoms with van der Waals surface area (Å²) in [4.78, 5) is 5.54. The molecule has 18 heavy (non-hydrogen) atoms. The van der Waals surface area contributed by atoms with Crippen LogP contribution in [0.1, 0.15) is 5.56 Å². The van der Waals surface area contributed by atoms with Crippen LogP contribution in [-0.2, 0) is 0 Å². The van der Waals surface area contributed by atoms with Gasteiger partial charge in [-0.05, 0) is 29.5 Å². The highest BCUT2D eigenvalue weighted by atomic mass is 32.1. The molecule has 0 amide bonds. The maximum Gasteiger partial charge on any atom is 0.0535 e. The Bertz CT molecular complexity index is 631. The summed E-state index contributed by atoms with van der Waals surface area (Å²) in [6.45, 7) is 2.11. The van der Waals surface area contributed by atoms with Gasteiger partial charge in [-0.25, -0.2) is 0 Å². The van der Waals surface area contributed by atoms with E-state index in [1.54, 1.807) is 11.3 Å². The van der Waals surface area contributed by atoms with Crippen LogP contribution in [0.5, 0.6) is 0 Å². The van der Waals surface area contributed by atoms with Gasteiger partial charge in [0, 0.05) is 24.4 Å². The van der Waals surface area contributed by atoms with Crippen LogP contribution in [0.25, 0.3) is 20.5 Å². The highest BCUT2D eigenvalue weighted by molar-refractivity contribution is 7.22. The molecular formula is C15H15NOS. The molecule has 0 saturated heterocycles. The summed E-state index contributed by atoms with van der Waals surface area (Å²) in [5, 5.41) is 8.32. The molecule has 3 aromatic rings. The molecule has 2 aromatic heterocycles. The smallest absolute Gasteiger partial charge is 0.0535 e. The van der Waals surface area contributed by atoms with E-state index < -0.39 is 0 Å². The Hall–Kier alpha value is -1.71. The second-order valence-electron chi connectivity index (χ2n) is 3.84. The van der Waals surface area contributed by atoms with Gasteiger partial charge in [-0.15, -0.1) is 11.3 Å². The number of rotatable bonds is 1. The number of hydrogen-bond acceptors (Lipinski definition) is 3. The molecule has 0 spiro atoms. The van der Waals surface area contributed by atoms with Crippen molar-refractivity contribution in [3.63, 3.8) is 0 Å². The van der Waals surface area contributed by atoms with E-state index in [9.17, 15) is 0 Å². The molecule has 0 aliphatic heterocycles. The van der Waals surface area contributed by atoms with Gasteiger partial charge in [0.2, 0.25) is 0 Å². The third-order valence-electron chi connectivity index (χ3n) is 2.70. The molecule has 3 rings (SSSR count). The van der Waals surface area contributed by atoms with E-state index in [0.717, 1.165) is 7.11 Å². The fraction of sp³-hybridized carbons (Fsp3) is 0.133. The van der Waals surface area contributed by atoms with Crippen molar-refractivity contribution < 1.29 is 5.11 Å². The number of thiophene rings is 1. The van der Waals surface area contributed by atoms with E-state index in [1.807, 2.05) is 18.5 Å². The normalized spacial score (nSPS) is 9.94. The van der Waals surface area contributed by atoms with Gasteiger partial charge in [0.1, 0.15) is 0 Å². The molecule has 1 aromatic carbocycles. The van der Waals surface area contributed by atoms with E-state index in [2.05, 4.69) is 42.2 Å². The van der Waals surface area contributed by atoms with Crippen LogP contribution in [0.4, 0.5) is 0 Å². The van der Waals surface area contributed by atoms with Gasteiger partial charge in [0.25, 0.3) is 0 Å². The topological polar surface area (TPSA) is 33.1 Å². The quantitative estimate of drug-likeness (QED) is 0.717. The predicted molar refractivity (Wildman–Crippen MR) is 77.9 cm³/mol. The monoisotopic (exact) mass is 257 g/mol. The lowest BCUT2D eigenvalue weighted by Crippen LogP contribution is -1.74. The molecule has 0 aliphatic rings. The first-order chi connectivity index (χ1) is 8.84. The highest BCUT2D eigenvalue weighted by Crippen LogP contribution is 2.34. The average Bonchev–Trinajstić information content (AvgIpc) is 2.88. The Labute approximate surface area is 111 Å². The molecule has 3 heteroatoms. The number of aliphatic hydroxyl groups excluding tert-OH is 1. The highest BCUT2D eigenvalue weighted by Gasteiger charge is 2.05. The molecule has 0 aliphatic carbocycles. The molecule has 2 heterocycles. The molecule has 0 unspecified atom stereocenters. The number of benzene rings is 1. The lowest BCUT2D eigenvalue weighted by Gasteiger charge is -1.93. The van der Waals surface area contributed by atoms with Crippen molar-refractivity contribution in [2.24, 2.45) is 0 Å². The number of pyridine rings is 1. The van der Waals surface area contributed by atoms with E-state index in [1.165, 1.54) is 26.1 Å². The maximum atomic E-state index is 7.00. The second kappa shape index (κ2) is 5.76. The van der Waals surface area contributed by atoms with Crippen molar-refractivity contribution in [3.8, 4) is 10.4 Å². The van der Waals surface area contributed by atoms with Gasteiger partial charge >= 0.3 is 0 Å². The second-order valence-corrected chi connectivity index (χ2v) is 4.93. The minimum atomic E-state index is 1.00. The van der Waals surface area contributed by atoms with Crippen LogP contribution in [-0.4, -0.2) is 17.2 Å². The molecule has 0 atom stereocenters. The molecular weight excluding hydrogens is 242 g/mol. The van der Waals surface area contributed by atoms with Crippen molar-refractivity contribution in [1.82, 2.24) is 4.98 Å². The van der Waals surface area contributed by atoms with Crippen LogP contribution >= 0.6 is 11.3 Å². The van der Waals surface area contributed by atoms with Gasteiger partial charge in [-0.1, -0.05) is 30.3 Å². The minimum Gasteiger partial charge on any atom is -0.400 e. The number of nitrogens with zero attached hydrogens (tertiary/aromatic N) is 1. The van der Waals surface area contributed by atoms with Crippen LogP contribution < -0.4 is 0 Å². The molecule has 0 saturated carbocycles. The SMILES string of the molecule is CO.Cc1cncc2sc(-c3ccccc3)cc12. The summed E-state index contributed by atoms with van der Waals surface area (Å²) in [7, 11) is 1.00. The van der Waals surface area contributed by atoms with E-state index in [0.29, 0.717) is 0 Å². The van der Waals surface area contributed by atoms with Crippen LogP contribution in [0.2, 0.25) is 0 Å². The molecule has 92 valence electrons. The zero-order chi connectivity index (χ0) is 13.0. The minimum absolute atomic E-state index is 1.00. The third-order valence-corrected chi connectivity index (χ3v) is 3.82. The summed E-state index contributed by atoms with van der Waals surface area (Å²) >= 11 is 1.80. The van der Waals surface area contributed by atoms with E-state index in [4.69, 9.17) is 5.11 Å². The van der Waals surface area contributed by atoms with Crippen molar-refractivity contribution in [2.45, 2.75) is 6.92 Å². The Morgan fingerprint density at radius 3 is 2.44 bits per heavy atom. The van der Waals surface area contributed by atoms with Gasteiger partial charge in [-0.2, -0.15) is 0 Å². The van der Waals surface area contributed by atoms with Gasteiger partial charge < -0.3 is 5.11 Å². The standard InChI is InChI=1S/C14H11NS.CH4O/c1-10-8-15-9-14-12(10)7-13(16-14)11-5-3-2-4-6-11;1-2/h2-9H,1H3;2H,1H3. The number of aryl methyl sites for hydroxylation is 1. The lowest BCUT2D eigenvalue weighted by molar-refractivity contribution is 0.399. The van der Waals surface area contributed by atoms with Crippen molar-refractivity contribution in [3.05, 3.63) is 54.4 Å². The van der Waals surface area contributed by atoms with Crippen molar-refractivity contribution in [2.75, 3.05) is 7.11 Å². The Morgan fingerprint density at radius 2 is 1.78 bits per heavy atom. The third kappa shape index (κ3) is 2.42. The summed E-state index contributed by atoms with van der Waals surface area (Å²) < 4.78 is 1.26. The summed E-state index contributed by atoms with van der Waals surface area (Å²) in [5.74, 6) is 0. The summed E-state index contributed by atoms with van der Waals surface area (Å²) in [6.07, 6.45) is 3.86. The molecule has 0 fully saturated rings. The van der Waals surface area contributed by atoms with Gasteiger partial charge in [0.15, 0.2) is 0 Å². The number of aliphatic hydroxyl groups is 1. The maximum absolute atomic E-state index is 7.00. The summed E-state index contributed by atoms with van der Waals surface area (Å²) in [5.41, 5.74) is 2.53. The molecule has 0 radical (unpaired) electrons.